The molecule has 1 unspecified atom stereocenters. The monoisotopic (exact) mass is 238 g/mol. The zero-order valence-corrected chi connectivity index (χ0v) is 9.43. The highest BCUT2D eigenvalue weighted by molar-refractivity contribution is 5.69. The van der Waals surface area contributed by atoms with Crippen LogP contribution in [0.15, 0.2) is 24.3 Å². The average Bonchev–Trinajstić information content (AvgIpc) is 2.63. The number of ether oxygens (including phenoxy) is 1. The minimum atomic E-state index is -0.364. The van der Waals surface area contributed by atoms with Crippen LogP contribution in [0.25, 0.3) is 0 Å². The van der Waals surface area contributed by atoms with Crippen molar-refractivity contribution in [1.82, 2.24) is 4.90 Å². The van der Waals surface area contributed by atoms with Gasteiger partial charge in [-0.2, -0.15) is 0 Å². The van der Waals surface area contributed by atoms with E-state index in [9.17, 15) is 9.18 Å². The fourth-order valence-electron chi connectivity index (χ4n) is 1.93. The number of halogens is 1. The summed E-state index contributed by atoms with van der Waals surface area (Å²) in [5.74, 6) is -0.263. The molecule has 1 saturated heterocycles. The van der Waals surface area contributed by atoms with E-state index in [4.69, 9.17) is 10.5 Å². The topological polar surface area (TPSA) is 55.6 Å². The van der Waals surface area contributed by atoms with Gasteiger partial charge in [-0.25, -0.2) is 9.18 Å². The van der Waals surface area contributed by atoms with Gasteiger partial charge in [0.15, 0.2) is 0 Å². The third-order valence-electron chi connectivity index (χ3n) is 2.75. The number of hydrogen-bond acceptors (Lipinski definition) is 3. The molecule has 1 amide bonds. The number of carbonyl (C=O) groups excluding carboxylic acids is 1. The third kappa shape index (κ3) is 2.74. The van der Waals surface area contributed by atoms with Crippen molar-refractivity contribution in [3.05, 3.63) is 35.6 Å². The lowest BCUT2D eigenvalue weighted by molar-refractivity contribution is 0.132. The molecule has 1 atom stereocenters. The fourth-order valence-corrected chi connectivity index (χ4v) is 1.93. The van der Waals surface area contributed by atoms with Crippen molar-refractivity contribution in [3.8, 4) is 0 Å². The van der Waals surface area contributed by atoms with Crippen molar-refractivity contribution in [2.75, 3.05) is 19.6 Å². The van der Waals surface area contributed by atoms with E-state index in [1.54, 1.807) is 23.1 Å². The number of carbonyl (C=O) groups is 1. The number of hydrogen-bond donors (Lipinski definition) is 1. The largest absolute Gasteiger partial charge is 0.444 e. The van der Waals surface area contributed by atoms with Crippen LogP contribution in [0.4, 0.5) is 9.18 Å². The molecule has 1 aromatic rings. The minimum absolute atomic E-state index is 0.263. The van der Waals surface area contributed by atoms with E-state index in [0.29, 0.717) is 31.6 Å². The molecule has 0 saturated carbocycles. The predicted molar refractivity (Wildman–Crippen MR) is 61.0 cm³/mol. The van der Waals surface area contributed by atoms with Crippen LogP contribution in [-0.4, -0.2) is 36.7 Å². The van der Waals surface area contributed by atoms with E-state index in [1.807, 2.05) is 0 Å². The number of amides is 1. The highest BCUT2D eigenvalue weighted by Gasteiger charge is 2.30. The van der Waals surface area contributed by atoms with E-state index in [-0.39, 0.29) is 18.0 Å². The van der Waals surface area contributed by atoms with Crippen LogP contribution in [0.2, 0.25) is 0 Å². The van der Waals surface area contributed by atoms with E-state index in [1.165, 1.54) is 6.07 Å². The lowest BCUT2D eigenvalue weighted by atomic mass is 10.1. The molecule has 0 bridgehead atoms. The SMILES string of the molecule is NCCN1CC(Cc2ccccc2F)OC1=O. The first-order valence-corrected chi connectivity index (χ1v) is 5.59. The highest BCUT2D eigenvalue weighted by Crippen LogP contribution is 2.17. The molecule has 1 aromatic carbocycles. The number of cyclic esters (lactones) is 1. The molecule has 2 rings (SSSR count). The molecule has 0 radical (unpaired) electrons. The van der Waals surface area contributed by atoms with Crippen molar-refractivity contribution in [3.63, 3.8) is 0 Å². The molecule has 92 valence electrons. The van der Waals surface area contributed by atoms with Crippen molar-refractivity contribution >= 4 is 6.09 Å². The minimum Gasteiger partial charge on any atom is -0.444 e. The molecule has 0 aromatic heterocycles. The summed E-state index contributed by atoms with van der Waals surface area (Å²) < 4.78 is 18.6. The Kier molecular flexibility index (Phi) is 3.58. The van der Waals surface area contributed by atoms with Crippen LogP contribution in [0.3, 0.4) is 0 Å². The molecule has 1 heterocycles. The lowest BCUT2D eigenvalue weighted by Gasteiger charge is -2.10. The highest BCUT2D eigenvalue weighted by atomic mass is 19.1. The van der Waals surface area contributed by atoms with Gasteiger partial charge in [0, 0.05) is 19.5 Å². The Morgan fingerprint density at radius 3 is 2.94 bits per heavy atom. The summed E-state index contributed by atoms with van der Waals surface area (Å²) in [5.41, 5.74) is 5.95. The number of nitrogens with zero attached hydrogens (tertiary/aromatic N) is 1. The first-order valence-electron chi connectivity index (χ1n) is 5.59. The van der Waals surface area contributed by atoms with Gasteiger partial charge in [0.2, 0.25) is 0 Å². The maximum atomic E-state index is 13.4. The zero-order chi connectivity index (χ0) is 12.3. The summed E-state index contributed by atoms with van der Waals surface area (Å²) in [6.07, 6.45) is -0.248. The summed E-state index contributed by atoms with van der Waals surface area (Å²) in [7, 11) is 0. The quantitative estimate of drug-likeness (QED) is 0.856. The lowest BCUT2D eigenvalue weighted by Crippen LogP contribution is -2.30. The van der Waals surface area contributed by atoms with Crippen molar-refractivity contribution < 1.29 is 13.9 Å². The number of nitrogens with two attached hydrogens (primary N) is 1. The van der Waals surface area contributed by atoms with Crippen molar-refractivity contribution in [2.24, 2.45) is 5.73 Å². The van der Waals surface area contributed by atoms with Crippen LogP contribution in [0, 0.1) is 5.82 Å². The van der Waals surface area contributed by atoms with Crippen molar-refractivity contribution in [1.29, 1.82) is 0 Å². The Morgan fingerprint density at radius 2 is 2.24 bits per heavy atom. The summed E-state index contributed by atoms with van der Waals surface area (Å²) in [5, 5.41) is 0. The summed E-state index contributed by atoms with van der Waals surface area (Å²) in [4.78, 5) is 13.0. The Morgan fingerprint density at radius 1 is 1.47 bits per heavy atom. The molecular formula is C12H15FN2O2. The average molecular weight is 238 g/mol. The van der Waals surface area contributed by atoms with Crippen molar-refractivity contribution in [2.45, 2.75) is 12.5 Å². The molecule has 1 aliphatic heterocycles. The molecule has 1 fully saturated rings. The summed E-state index contributed by atoms with van der Waals surface area (Å²) >= 11 is 0. The Bertz CT molecular complexity index is 411. The first kappa shape index (κ1) is 11.9. The standard InChI is InChI=1S/C12H15FN2O2/c13-11-4-2-1-3-9(11)7-10-8-15(6-5-14)12(16)17-10/h1-4,10H,5-8,14H2. The third-order valence-corrected chi connectivity index (χ3v) is 2.75. The molecule has 5 heteroatoms. The van der Waals surface area contributed by atoms with Crippen LogP contribution in [0.5, 0.6) is 0 Å². The molecule has 2 N–H and O–H groups in total. The van der Waals surface area contributed by atoms with Gasteiger partial charge in [-0.3, -0.25) is 0 Å². The van der Waals surface area contributed by atoms with Gasteiger partial charge in [-0.05, 0) is 11.6 Å². The van der Waals surface area contributed by atoms with Gasteiger partial charge in [0.25, 0.3) is 0 Å². The number of rotatable bonds is 4. The second-order valence-corrected chi connectivity index (χ2v) is 4.04. The molecule has 17 heavy (non-hydrogen) atoms. The molecule has 0 aliphatic carbocycles. The first-order chi connectivity index (χ1) is 8.20. The maximum absolute atomic E-state index is 13.4. The molecular weight excluding hydrogens is 223 g/mol. The van der Waals surface area contributed by atoms with E-state index in [2.05, 4.69) is 0 Å². The molecule has 1 aliphatic rings. The fraction of sp³-hybridized carbons (Fsp3) is 0.417. The van der Waals surface area contributed by atoms with Gasteiger partial charge in [-0.1, -0.05) is 18.2 Å². The zero-order valence-electron chi connectivity index (χ0n) is 9.43. The van der Waals surface area contributed by atoms with Gasteiger partial charge in [0.1, 0.15) is 11.9 Å². The van der Waals surface area contributed by atoms with E-state index >= 15 is 0 Å². The smallest absolute Gasteiger partial charge is 0.410 e. The second-order valence-electron chi connectivity index (χ2n) is 4.04. The van der Waals surface area contributed by atoms with Crippen LogP contribution < -0.4 is 5.73 Å². The number of benzene rings is 1. The Balaban J connectivity index is 1.98. The summed E-state index contributed by atoms with van der Waals surface area (Å²) in [6, 6.07) is 6.52. The van der Waals surface area contributed by atoms with Gasteiger partial charge in [0.05, 0.1) is 6.54 Å². The van der Waals surface area contributed by atoms with Gasteiger partial charge in [-0.15, -0.1) is 0 Å². The van der Waals surface area contributed by atoms with Crippen LogP contribution in [-0.2, 0) is 11.2 Å². The van der Waals surface area contributed by atoms with E-state index < -0.39 is 0 Å². The van der Waals surface area contributed by atoms with Crippen LogP contribution in [0.1, 0.15) is 5.56 Å². The Hall–Kier alpha value is -1.62. The van der Waals surface area contributed by atoms with Gasteiger partial charge >= 0.3 is 6.09 Å². The Labute approximate surface area is 99.2 Å². The van der Waals surface area contributed by atoms with Gasteiger partial charge < -0.3 is 15.4 Å². The van der Waals surface area contributed by atoms with Crippen LogP contribution >= 0.6 is 0 Å². The molecule has 4 nitrogen and oxygen atoms in total. The maximum Gasteiger partial charge on any atom is 0.410 e. The predicted octanol–water partition coefficient (Wildman–Crippen LogP) is 1.15. The normalized spacial score (nSPS) is 19.5. The van der Waals surface area contributed by atoms with E-state index in [0.717, 1.165) is 0 Å². The second kappa shape index (κ2) is 5.14. The molecule has 0 spiro atoms. The summed E-state index contributed by atoms with van der Waals surface area (Å²) in [6.45, 7) is 1.36.